The Labute approximate surface area is 268 Å². The van der Waals surface area contributed by atoms with Crippen molar-refractivity contribution in [3.63, 3.8) is 0 Å². The van der Waals surface area contributed by atoms with Crippen molar-refractivity contribution in [2.75, 3.05) is 0 Å². The molecule has 0 aliphatic rings. The standard InChI is InChI=1S/C46H30/c1-2-14-32(15-3-1)39-28-27-33-16-6-7-20-38(33)44(39)35-18-12-19-36(30-35)45-40-21-8-10-23-42(40)46(43-24-11-9-22-41(43)45)37-26-25-31-13-4-5-17-34(31)29-37/h1-30H. The fourth-order valence-corrected chi connectivity index (χ4v) is 7.37. The summed E-state index contributed by atoms with van der Waals surface area (Å²) in [6, 6.07) is 66.6. The smallest absolute Gasteiger partial charge is 0.00262 e. The number of rotatable bonds is 4. The van der Waals surface area contributed by atoms with Gasteiger partial charge in [-0.2, -0.15) is 0 Å². The minimum Gasteiger partial charge on any atom is -0.0622 e. The second-order valence-corrected chi connectivity index (χ2v) is 12.1. The van der Waals surface area contributed by atoms with Crippen LogP contribution in [0.1, 0.15) is 0 Å². The molecule has 0 saturated heterocycles. The quantitative estimate of drug-likeness (QED) is 0.181. The van der Waals surface area contributed by atoms with E-state index in [2.05, 4.69) is 182 Å². The highest BCUT2D eigenvalue weighted by molar-refractivity contribution is 6.22. The maximum atomic E-state index is 2.40. The van der Waals surface area contributed by atoms with Crippen molar-refractivity contribution in [3.8, 4) is 44.5 Å². The SMILES string of the molecule is c1ccc(-c2ccc3ccccc3c2-c2cccc(-c3c4ccccc4c(-c4ccc5ccccc5c4)c4ccccc34)c2)cc1. The first kappa shape index (κ1) is 26.4. The Bertz CT molecular complexity index is 2520. The van der Waals surface area contributed by atoms with Crippen molar-refractivity contribution < 1.29 is 0 Å². The highest BCUT2D eigenvalue weighted by atomic mass is 14.2. The van der Waals surface area contributed by atoms with E-state index < -0.39 is 0 Å². The van der Waals surface area contributed by atoms with Gasteiger partial charge in [-0.25, -0.2) is 0 Å². The van der Waals surface area contributed by atoms with Gasteiger partial charge in [-0.05, 0) is 99.7 Å². The fraction of sp³-hybridized carbons (Fsp3) is 0. The Balaban J connectivity index is 1.33. The highest BCUT2D eigenvalue weighted by Crippen LogP contribution is 2.46. The summed E-state index contributed by atoms with van der Waals surface area (Å²) in [4.78, 5) is 0. The molecule has 0 spiro atoms. The van der Waals surface area contributed by atoms with Crippen molar-refractivity contribution >= 4 is 43.1 Å². The molecule has 0 radical (unpaired) electrons. The molecule has 0 nitrogen and oxygen atoms in total. The molecule has 0 fully saturated rings. The first-order chi connectivity index (χ1) is 22.8. The van der Waals surface area contributed by atoms with Crippen molar-refractivity contribution in [2.24, 2.45) is 0 Å². The predicted octanol–water partition coefficient (Wildman–Crippen LogP) is 13.0. The van der Waals surface area contributed by atoms with Crippen LogP contribution in [0.15, 0.2) is 182 Å². The average molecular weight is 583 g/mol. The van der Waals surface area contributed by atoms with Crippen LogP contribution >= 0.6 is 0 Å². The molecule has 0 heteroatoms. The normalized spacial score (nSPS) is 11.5. The molecule has 0 unspecified atom stereocenters. The lowest BCUT2D eigenvalue weighted by molar-refractivity contribution is 1.60. The van der Waals surface area contributed by atoms with Crippen LogP contribution in [0.4, 0.5) is 0 Å². The number of benzene rings is 9. The third-order valence-corrected chi connectivity index (χ3v) is 9.42. The van der Waals surface area contributed by atoms with Crippen LogP contribution in [0.25, 0.3) is 87.6 Å². The van der Waals surface area contributed by atoms with Crippen LogP contribution in [-0.2, 0) is 0 Å². The molecule has 9 aromatic rings. The van der Waals surface area contributed by atoms with Gasteiger partial charge in [0.1, 0.15) is 0 Å². The Kier molecular flexibility index (Phi) is 6.25. The second-order valence-electron chi connectivity index (χ2n) is 12.1. The summed E-state index contributed by atoms with van der Waals surface area (Å²) in [5, 5.41) is 10.1. The minimum atomic E-state index is 1.22. The zero-order chi connectivity index (χ0) is 30.5. The first-order valence-corrected chi connectivity index (χ1v) is 15.9. The lowest BCUT2D eigenvalue weighted by Crippen LogP contribution is -1.92. The van der Waals surface area contributed by atoms with Gasteiger partial charge in [0.25, 0.3) is 0 Å². The molecule has 9 rings (SSSR count). The minimum absolute atomic E-state index is 1.22. The molecule has 0 bridgehead atoms. The van der Waals surface area contributed by atoms with Crippen LogP contribution in [0.3, 0.4) is 0 Å². The summed E-state index contributed by atoms with van der Waals surface area (Å²) < 4.78 is 0. The van der Waals surface area contributed by atoms with Crippen LogP contribution in [-0.4, -0.2) is 0 Å². The van der Waals surface area contributed by atoms with Crippen LogP contribution in [0.2, 0.25) is 0 Å². The van der Waals surface area contributed by atoms with Gasteiger partial charge in [0.2, 0.25) is 0 Å². The molecular formula is C46H30. The summed E-state index contributed by atoms with van der Waals surface area (Å²) in [5.74, 6) is 0. The lowest BCUT2D eigenvalue weighted by Gasteiger charge is -2.19. The molecule has 0 amide bonds. The van der Waals surface area contributed by atoms with E-state index in [1.54, 1.807) is 0 Å². The summed E-state index contributed by atoms with van der Waals surface area (Å²) in [5.41, 5.74) is 10.0. The van der Waals surface area contributed by atoms with Gasteiger partial charge in [-0.1, -0.05) is 170 Å². The molecule has 0 atom stereocenters. The molecule has 0 saturated carbocycles. The molecule has 0 aliphatic carbocycles. The third-order valence-electron chi connectivity index (χ3n) is 9.42. The topological polar surface area (TPSA) is 0 Å². The van der Waals surface area contributed by atoms with Gasteiger partial charge in [0.05, 0.1) is 0 Å². The molecule has 0 heterocycles. The van der Waals surface area contributed by atoms with Crippen molar-refractivity contribution in [3.05, 3.63) is 182 Å². The first-order valence-electron chi connectivity index (χ1n) is 15.9. The van der Waals surface area contributed by atoms with Gasteiger partial charge >= 0.3 is 0 Å². The molecule has 0 N–H and O–H groups in total. The Morgan fingerprint density at radius 3 is 1.33 bits per heavy atom. The maximum Gasteiger partial charge on any atom is -0.00262 e. The highest BCUT2D eigenvalue weighted by Gasteiger charge is 2.18. The Morgan fingerprint density at radius 1 is 0.217 bits per heavy atom. The van der Waals surface area contributed by atoms with E-state index in [9.17, 15) is 0 Å². The Morgan fingerprint density at radius 2 is 0.674 bits per heavy atom. The van der Waals surface area contributed by atoms with E-state index in [0.717, 1.165) is 0 Å². The monoisotopic (exact) mass is 582 g/mol. The van der Waals surface area contributed by atoms with E-state index in [1.807, 2.05) is 0 Å². The summed E-state index contributed by atoms with van der Waals surface area (Å²) in [6.07, 6.45) is 0. The summed E-state index contributed by atoms with van der Waals surface area (Å²) in [7, 11) is 0. The van der Waals surface area contributed by atoms with Gasteiger partial charge in [0, 0.05) is 0 Å². The third kappa shape index (κ3) is 4.30. The molecule has 0 aromatic heterocycles. The molecular weight excluding hydrogens is 553 g/mol. The number of fused-ring (bicyclic) bond motifs is 4. The zero-order valence-electron chi connectivity index (χ0n) is 25.3. The van der Waals surface area contributed by atoms with Gasteiger partial charge in [-0.15, -0.1) is 0 Å². The van der Waals surface area contributed by atoms with Crippen molar-refractivity contribution in [2.45, 2.75) is 0 Å². The summed E-state index contributed by atoms with van der Waals surface area (Å²) >= 11 is 0. The summed E-state index contributed by atoms with van der Waals surface area (Å²) in [6.45, 7) is 0. The van der Waals surface area contributed by atoms with E-state index in [-0.39, 0.29) is 0 Å². The van der Waals surface area contributed by atoms with E-state index >= 15 is 0 Å². The molecule has 214 valence electrons. The maximum absolute atomic E-state index is 2.40. The Hall–Kier alpha value is -5.98. The lowest BCUT2D eigenvalue weighted by atomic mass is 9.84. The van der Waals surface area contributed by atoms with Gasteiger partial charge in [0.15, 0.2) is 0 Å². The van der Waals surface area contributed by atoms with E-state index in [0.29, 0.717) is 0 Å². The number of hydrogen-bond acceptors (Lipinski definition) is 0. The largest absolute Gasteiger partial charge is 0.0622 e. The average Bonchev–Trinajstić information content (AvgIpc) is 3.13. The van der Waals surface area contributed by atoms with Crippen LogP contribution in [0, 0.1) is 0 Å². The molecule has 0 aliphatic heterocycles. The number of hydrogen-bond donors (Lipinski definition) is 0. The van der Waals surface area contributed by atoms with Crippen molar-refractivity contribution in [1.82, 2.24) is 0 Å². The zero-order valence-corrected chi connectivity index (χ0v) is 25.3. The fourth-order valence-electron chi connectivity index (χ4n) is 7.37. The van der Waals surface area contributed by atoms with Crippen molar-refractivity contribution in [1.29, 1.82) is 0 Å². The van der Waals surface area contributed by atoms with E-state index in [1.165, 1.54) is 87.6 Å². The van der Waals surface area contributed by atoms with E-state index in [4.69, 9.17) is 0 Å². The van der Waals surface area contributed by atoms with Gasteiger partial charge < -0.3 is 0 Å². The molecule has 46 heavy (non-hydrogen) atoms. The molecule has 9 aromatic carbocycles. The van der Waals surface area contributed by atoms with Crippen LogP contribution in [0.5, 0.6) is 0 Å². The second kappa shape index (κ2) is 10.9. The van der Waals surface area contributed by atoms with Gasteiger partial charge in [-0.3, -0.25) is 0 Å². The predicted molar refractivity (Wildman–Crippen MR) is 198 cm³/mol. The van der Waals surface area contributed by atoms with Crippen LogP contribution < -0.4 is 0 Å².